The van der Waals surface area contributed by atoms with Crippen molar-refractivity contribution in [3.63, 3.8) is 0 Å². The number of benzene rings is 1. The van der Waals surface area contributed by atoms with Crippen molar-refractivity contribution < 1.29 is 10.2 Å². The van der Waals surface area contributed by atoms with Crippen molar-refractivity contribution in [2.24, 2.45) is 4.99 Å². The van der Waals surface area contributed by atoms with Crippen molar-refractivity contribution in [3.8, 4) is 11.5 Å². The van der Waals surface area contributed by atoms with Gasteiger partial charge in [0.2, 0.25) is 0 Å². The normalized spacial score (nSPS) is 17.8. The van der Waals surface area contributed by atoms with Crippen LogP contribution in [0.15, 0.2) is 29.4 Å². The SMILES string of the molecule is Oc1ccc(CN2CCc3nc(C4=NCCCC4)ncc3C2)cc1O. The lowest BCUT2D eigenvalue weighted by Gasteiger charge is -2.28. The minimum absolute atomic E-state index is 0.0730. The van der Waals surface area contributed by atoms with Gasteiger partial charge in [-0.05, 0) is 37.0 Å². The summed E-state index contributed by atoms with van der Waals surface area (Å²) in [5.74, 6) is 0.644. The average Bonchev–Trinajstić information content (AvgIpc) is 2.65. The van der Waals surface area contributed by atoms with E-state index in [1.807, 2.05) is 12.3 Å². The van der Waals surface area contributed by atoms with Gasteiger partial charge in [0.15, 0.2) is 17.3 Å². The van der Waals surface area contributed by atoms with E-state index in [1.165, 1.54) is 12.5 Å². The monoisotopic (exact) mass is 338 g/mol. The smallest absolute Gasteiger partial charge is 0.173 e. The minimum atomic E-state index is -0.0840. The van der Waals surface area contributed by atoms with Gasteiger partial charge < -0.3 is 10.2 Å². The van der Waals surface area contributed by atoms with Crippen LogP contribution in [0.2, 0.25) is 0 Å². The molecule has 130 valence electrons. The molecule has 0 saturated carbocycles. The number of phenolic OH excluding ortho intramolecular Hbond substituents is 2. The molecular weight excluding hydrogens is 316 g/mol. The third-order valence-electron chi connectivity index (χ3n) is 4.84. The third kappa shape index (κ3) is 3.49. The van der Waals surface area contributed by atoms with Crippen molar-refractivity contribution >= 4 is 5.71 Å². The van der Waals surface area contributed by atoms with Gasteiger partial charge >= 0.3 is 0 Å². The van der Waals surface area contributed by atoms with E-state index in [2.05, 4.69) is 14.9 Å². The largest absolute Gasteiger partial charge is 0.504 e. The molecule has 4 rings (SSSR count). The number of hydrogen-bond donors (Lipinski definition) is 2. The Labute approximate surface area is 146 Å². The summed E-state index contributed by atoms with van der Waals surface area (Å²) in [6, 6.07) is 4.99. The van der Waals surface area contributed by atoms with Gasteiger partial charge in [-0.25, -0.2) is 9.97 Å². The van der Waals surface area contributed by atoms with Gasteiger partial charge in [0.25, 0.3) is 0 Å². The number of aliphatic imine (C=N–C) groups is 1. The van der Waals surface area contributed by atoms with E-state index in [9.17, 15) is 10.2 Å². The number of fused-ring (bicyclic) bond motifs is 1. The van der Waals surface area contributed by atoms with Crippen molar-refractivity contribution in [2.75, 3.05) is 13.1 Å². The Kier molecular flexibility index (Phi) is 4.36. The number of nitrogens with zero attached hydrogens (tertiary/aromatic N) is 4. The lowest BCUT2D eigenvalue weighted by Crippen LogP contribution is -2.31. The van der Waals surface area contributed by atoms with Crippen LogP contribution in [0.4, 0.5) is 0 Å². The highest BCUT2D eigenvalue weighted by molar-refractivity contribution is 5.97. The Balaban J connectivity index is 1.48. The molecule has 0 amide bonds. The minimum Gasteiger partial charge on any atom is -0.504 e. The zero-order chi connectivity index (χ0) is 17.2. The van der Waals surface area contributed by atoms with E-state index in [-0.39, 0.29) is 11.5 Å². The summed E-state index contributed by atoms with van der Waals surface area (Å²) in [5.41, 5.74) is 4.32. The van der Waals surface area contributed by atoms with E-state index in [0.717, 1.165) is 73.8 Å². The second-order valence-electron chi connectivity index (χ2n) is 6.73. The average molecular weight is 338 g/mol. The molecule has 6 heteroatoms. The molecule has 0 unspecified atom stereocenters. The van der Waals surface area contributed by atoms with Crippen LogP contribution in [0.25, 0.3) is 0 Å². The maximum atomic E-state index is 9.64. The molecule has 1 aromatic heterocycles. The van der Waals surface area contributed by atoms with Gasteiger partial charge in [0, 0.05) is 44.4 Å². The zero-order valence-electron chi connectivity index (χ0n) is 14.1. The summed E-state index contributed by atoms with van der Waals surface area (Å²) in [5, 5.41) is 19.1. The molecule has 2 aromatic rings. The predicted molar refractivity (Wildman–Crippen MR) is 94.9 cm³/mol. The summed E-state index contributed by atoms with van der Waals surface area (Å²) < 4.78 is 0. The van der Waals surface area contributed by atoms with Crippen molar-refractivity contribution in [3.05, 3.63) is 47.0 Å². The Hall–Kier alpha value is -2.47. The van der Waals surface area contributed by atoms with E-state index in [0.29, 0.717) is 0 Å². The first-order valence-corrected chi connectivity index (χ1v) is 8.81. The van der Waals surface area contributed by atoms with Crippen LogP contribution in [0.1, 0.15) is 41.9 Å². The fourth-order valence-electron chi connectivity index (χ4n) is 3.45. The molecular formula is C19H22N4O2. The quantitative estimate of drug-likeness (QED) is 0.840. The lowest BCUT2D eigenvalue weighted by atomic mass is 10.0. The van der Waals surface area contributed by atoms with E-state index in [4.69, 9.17) is 4.98 Å². The van der Waals surface area contributed by atoms with Gasteiger partial charge in [-0.15, -0.1) is 0 Å². The molecule has 1 aromatic carbocycles. The summed E-state index contributed by atoms with van der Waals surface area (Å²) >= 11 is 0. The molecule has 0 spiro atoms. The van der Waals surface area contributed by atoms with Crippen LogP contribution >= 0.6 is 0 Å². The van der Waals surface area contributed by atoms with E-state index in [1.54, 1.807) is 6.07 Å². The Morgan fingerprint density at radius 3 is 2.80 bits per heavy atom. The number of rotatable bonds is 3. The second-order valence-corrected chi connectivity index (χ2v) is 6.73. The third-order valence-corrected chi connectivity index (χ3v) is 4.84. The Morgan fingerprint density at radius 1 is 1.08 bits per heavy atom. The first-order valence-electron chi connectivity index (χ1n) is 8.81. The predicted octanol–water partition coefficient (Wildman–Crippen LogP) is 2.42. The molecule has 0 aliphatic carbocycles. The summed E-state index contributed by atoms with van der Waals surface area (Å²) in [6.45, 7) is 3.33. The molecule has 3 heterocycles. The van der Waals surface area contributed by atoms with E-state index >= 15 is 0 Å². The fraction of sp³-hybridized carbons (Fsp3) is 0.421. The summed E-state index contributed by atoms with van der Waals surface area (Å²) in [7, 11) is 0. The Morgan fingerprint density at radius 2 is 2.00 bits per heavy atom. The van der Waals surface area contributed by atoms with Crippen LogP contribution in [-0.4, -0.2) is 43.9 Å². The first-order chi connectivity index (χ1) is 12.2. The molecule has 0 radical (unpaired) electrons. The van der Waals surface area contributed by atoms with Crippen LogP contribution in [0, 0.1) is 0 Å². The second kappa shape index (κ2) is 6.80. The molecule has 25 heavy (non-hydrogen) atoms. The number of aromatic hydroxyl groups is 2. The molecule has 0 atom stereocenters. The molecule has 0 bridgehead atoms. The molecule has 0 fully saturated rings. The first kappa shape index (κ1) is 16.0. The standard InChI is InChI=1S/C19H22N4O2/c24-17-5-4-13(9-18(17)25)11-23-8-6-15-14(12-23)10-21-19(22-15)16-3-1-2-7-20-16/h4-5,9-10,24-25H,1-3,6-8,11-12H2. The van der Waals surface area contributed by atoms with Crippen molar-refractivity contribution in [1.29, 1.82) is 0 Å². The number of aromatic nitrogens is 2. The topological polar surface area (TPSA) is 81.8 Å². The molecule has 2 N–H and O–H groups in total. The highest BCUT2D eigenvalue weighted by Crippen LogP contribution is 2.26. The molecule has 6 nitrogen and oxygen atoms in total. The van der Waals surface area contributed by atoms with Crippen molar-refractivity contribution in [2.45, 2.75) is 38.8 Å². The fourth-order valence-corrected chi connectivity index (χ4v) is 3.45. The molecule has 2 aliphatic rings. The Bertz CT molecular complexity index is 819. The van der Waals surface area contributed by atoms with Crippen molar-refractivity contribution in [1.82, 2.24) is 14.9 Å². The highest BCUT2D eigenvalue weighted by atomic mass is 16.3. The highest BCUT2D eigenvalue weighted by Gasteiger charge is 2.20. The van der Waals surface area contributed by atoms with Gasteiger partial charge in [0.05, 0.1) is 11.4 Å². The van der Waals surface area contributed by atoms with Gasteiger partial charge in [0.1, 0.15) is 0 Å². The maximum Gasteiger partial charge on any atom is 0.173 e. The maximum absolute atomic E-state index is 9.64. The van der Waals surface area contributed by atoms with Crippen LogP contribution in [0.5, 0.6) is 11.5 Å². The van der Waals surface area contributed by atoms with E-state index < -0.39 is 0 Å². The van der Waals surface area contributed by atoms with Gasteiger partial charge in [-0.3, -0.25) is 9.89 Å². The molecule has 2 aliphatic heterocycles. The zero-order valence-corrected chi connectivity index (χ0v) is 14.1. The lowest BCUT2D eigenvalue weighted by molar-refractivity contribution is 0.242. The van der Waals surface area contributed by atoms with Crippen LogP contribution in [0.3, 0.4) is 0 Å². The van der Waals surface area contributed by atoms with Crippen LogP contribution < -0.4 is 0 Å². The summed E-state index contributed by atoms with van der Waals surface area (Å²) in [6.07, 6.45) is 6.15. The number of phenols is 2. The summed E-state index contributed by atoms with van der Waals surface area (Å²) in [4.78, 5) is 16.2. The van der Waals surface area contributed by atoms with Gasteiger partial charge in [-0.2, -0.15) is 0 Å². The van der Waals surface area contributed by atoms with Gasteiger partial charge in [-0.1, -0.05) is 6.07 Å². The molecule has 0 saturated heterocycles. The number of hydrogen-bond acceptors (Lipinski definition) is 6. The van der Waals surface area contributed by atoms with Crippen LogP contribution in [-0.2, 0) is 19.5 Å².